The highest BCUT2D eigenvalue weighted by Crippen LogP contribution is 2.18. The third-order valence-electron chi connectivity index (χ3n) is 1.48. The summed E-state index contributed by atoms with van der Waals surface area (Å²) in [5, 5.41) is 8.78. The second-order valence-electron chi connectivity index (χ2n) is 2.79. The van der Waals surface area contributed by atoms with Gasteiger partial charge in [-0.3, -0.25) is 4.98 Å². The lowest BCUT2D eigenvalue weighted by atomic mass is 10.2. The molecule has 1 N–H and O–H groups in total. The van der Waals surface area contributed by atoms with Crippen molar-refractivity contribution in [2.45, 2.75) is 11.8 Å². The van der Waals surface area contributed by atoms with Crippen LogP contribution in [0.1, 0.15) is 6.92 Å². The lowest BCUT2D eigenvalue weighted by Gasteiger charge is -2.05. The van der Waals surface area contributed by atoms with Crippen LogP contribution in [0.4, 0.5) is 0 Å². The Hall–Kier alpha value is -0.540. The average Bonchev–Trinajstić information content (AvgIpc) is 2.16. The fourth-order valence-corrected chi connectivity index (χ4v) is 1.62. The molecule has 0 amide bonds. The Morgan fingerprint density at radius 2 is 2.50 bits per heavy atom. The van der Waals surface area contributed by atoms with Crippen molar-refractivity contribution in [2.75, 3.05) is 12.4 Å². The van der Waals surface area contributed by atoms with Crippen molar-refractivity contribution in [3.63, 3.8) is 0 Å². The van der Waals surface area contributed by atoms with Crippen molar-refractivity contribution in [3.8, 4) is 0 Å². The molecule has 1 rings (SSSR count). The second-order valence-corrected chi connectivity index (χ2v) is 3.88. The molecule has 0 saturated heterocycles. The first-order chi connectivity index (χ1) is 5.83. The van der Waals surface area contributed by atoms with Crippen LogP contribution in [0, 0.1) is 5.92 Å². The summed E-state index contributed by atoms with van der Waals surface area (Å²) >= 11 is 1.73. The number of nitrogens with zero attached hydrogens (tertiary/aromatic N) is 1. The summed E-state index contributed by atoms with van der Waals surface area (Å²) in [6.07, 6.45) is 3.61. The van der Waals surface area contributed by atoms with Crippen molar-refractivity contribution in [3.05, 3.63) is 24.5 Å². The third-order valence-corrected chi connectivity index (χ3v) is 2.79. The average molecular weight is 183 g/mol. The van der Waals surface area contributed by atoms with E-state index in [1.165, 1.54) is 0 Å². The SMILES string of the molecule is CC(CO)CSc1cccnc1. The van der Waals surface area contributed by atoms with Gasteiger partial charge in [-0.05, 0) is 18.1 Å². The van der Waals surface area contributed by atoms with Gasteiger partial charge in [-0.1, -0.05) is 6.92 Å². The molecule has 0 aliphatic carbocycles. The van der Waals surface area contributed by atoms with Crippen LogP contribution in [0.2, 0.25) is 0 Å². The number of aromatic nitrogens is 1. The van der Waals surface area contributed by atoms with Gasteiger partial charge in [0.1, 0.15) is 0 Å². The number of rotatable bonds is 4. The zero-order valence-electron chi connectivity index (χ0n) is 7.10. The largest absolute Gasteiger partial charge is 0.396 e. The van der Waals surface area contributed by atoms with E-state index in [-0.39, 0.29) is 6.61 Å². The van der Waals surface area contributed by atoms with E-state index in [0.29, 0.717) is 5.92 Å². The highest BCUT2D eigenvalue weighted by molar-refractivity contribution is 7.99. The second kappa shape index (κ2) is 5.17. The number of aliphatic hydroxyl groups is 1. The Labute approximate surface area is 77.0 Å². The zero-order valence-corrected chi connectivity index (χ0v) is 7.92. The first-order valence-electron chi connectivity index (χ1n) is 3.96. The Balaban J connectivity index is 2.33. The van der Waals surface area contributed by atoms with Gasteiger partial charge in [0.05, 0.1) is 0 Å². The van der Waals surface area contributed by atoms with Crippen LogP contribution < -0.4 is 0 Å². The maximum absolute atomic E-state index is 8.78. The standard InChI is InChI=1S/C9H13NOS/c1-8(6-11)7-12-9-3-2-4-10-5-9/h2-5,8,11H,6-7H2,1H3. The molecule has 0 saturated carbocycles. The maximum Gasteiger partial charge on any atom is 0.0464 e. The molecule has 2 nitrogen and oxygen atoms in total. The number of hydrogen-bond acceptors (Lipinski definition) is 3. The van der Waals surface area contributed by atoms with Crippen LogP contribution in [-0.4, -0.2) is 22.5 Å². The molecule has 12 heavy (non-hydrogen) atoms. The van der Waals surface area contributed by atoms with Crippen LogP contribution in [-0.2, 0) is 0 Å². The van der Waals surface area contributed by atoms with E-state index in [9.17, 15) is 0 Å². The molecular formula is C9H13NOS. The van der Waals surface area contributed by atoms with Crippen LogP contribution in [0.5, 0.6) is 0 Å². The molecule has 1 atom stereocenters. The van der Waals surface area contributed by atoms with E-state index in [4.69, 9.17) is 5.11 Å². The molecule has 0 fully saturated rings. The Morgan fingerprint density at radius 1 is 1.67 bits per heavy atom. The van der Waals surface area contributed by atoms with E-state index in [0.717, 1.165) is 10.6 Å². The van der Waals surface area contributed by atoms with Gasteiger partial charge in [-0.15, -0.1) is 11.8 Å². The van der Waals surface area contributed by atoms with E-state index >= 15 is 0 Å². The zero-order chi connectivity index (χ0) is 8.81. The molecule has 1 unspecified atom stereocenters. The van der Waals surface area contributed by atoms with Crippen molar-refractivity contribution in [2.24, 2.45) is 5.92 Å². The van der Waals surface area contributed by atoms with Crippen LogP contribution in [0.25, 0.3) is 0 Å². The minimum atomic E-state index is 0.257. The molecular weight excluding hydrogens is 170 g/mol. The minimum absolute atomic E-state index is 0.257. The summed E-state index contributed by atoms with van der Waals surface area (Å²) in [4.78, 5) is 5.17. The summed E-state index contributed by atoms with van der Waals surface area (Å²) in [6, 6.07) is 3.95. The molecule has 66 valence electrons. The molecule has 0 aliphatic heterocycles. The van der Waals surface area contributed by atoms with E-state index < -0.39 is 0 Å². The van der Waals surface area contributed by atoms with Crippen LogP contribution in [0.3, 0.4) is 0 Å². The molecule has 1 aromatic heterocycles. The van der Waals surface area contributed by atoms with Crippen molar-refractivity contribution >= 4 is 11.8 Å². The summed E-state index contributed by atoms with van der Waals surface area (Å²) < 4.78 is 0. The van der Waals surface area contributed by atoms with Gasteiger partial charge in [0.15, 0.2) is 0 Å². The quantitative estimate of drug-likeness (QED) is 0.723. The van der Waals surface area contributed by atoms with E-state index in [1.54, 1.807) is 18.0 Å². The molecule has 0 bridgehead atoms. The third kappa shape index (κ3) is 3.24. The summed E-state index contributed by atoms with van der Waals surface area (Å²) in [6.45, 7) is 2.29. The van der Waals surface area contributed by atoms with E-state index in [1.807, 2.05) is 25.3 Å². The first kappa shape index (κ1) is 9.55. The van der Waals surface area contributed by atoms with E-state index in [2.05, 4.69) is 4.98 Å². The monoisotopic (exact) mass is 183 g/mol. The lowest BCUT2D eigenvalue weighted by Crippen LogP contribution is -2.02. The minimum Gasteiger partial charge on any atom is -0.396 e. The fourth-order valence-electron chi connectivity index (χ4n) is 0.724. The number of pyridine rings is 1. The Bertz CT molecular complexity index is 215. The van der Waals surface area contributed by atoms with Crippen LogP contribution >= 0.6 is 11.8 Å². The van der Waals surface area contributed by atoms with Gasteiger partial charge < -0.3 is 5.11 Å². The van der Waals surface area contributed by atoms with Gasteiger partial charge in [-0.25, -0.2) is 0 Å². The van der Waals surface area contributed by atoms with Gasteiger partial charge in [0.25, 0.3) is 0 Å². The maximum atomic E-state index is 8.78. The van der Waals surface area contributed by atoms with Gasteiger partial charge in [-0.2, -0.15) is 0 Å². The number of hydrogen-bond donors (Lipinski definition) is 1. The summed E-state index contributed by atoms with van der Waals surface area (Å²) in [7, 11) is 0. The van der Waals surface area contributed by atoms with Gasteiger partial charge in [0, 0.05) is 29.6 Å². The summed E-state index contributed by atoms with van der Waals surface area (Å²) in [5.74, 6) is 1.30. The van der Waals surface area contributed by atoms with Crippen LogP contribution in [0.15, 0.2) is 29.4 Å². The fraction of sp³-hybridized carbons (Fsp3) is 0.444. The topological polar surface area (TPSA) is 33.1 Å². The smallest absolute Gasteiger partial charge is 0.0464 e. The molecule has 1 aromatic rings. The molecule has 0 spiro atoms. The number of aliphatic hydroxyl groups excluding tert-OH is 1. The normalized spacial score (nSPS) is 12.8. The van der Waals surface area contributed by atoms with Crippen molar-refractivity contribution < 1.29 is 5.11 Å². The Kier molecular flexibility index (Phi) is 4.11. The first-order valence-corrected chi connectivity index (χ1v) is 4.95. The highest BCUT2D eigenvalue weighted by Gasteiger charge is 2.00. The highest BCUT2D eigenvalue weighted by atomic mass is 32.2. The molecule has 3 heteroatoms. The number of thioether (sulfide) groups is 1. The molecule has 0 radical (unpaired) electrons. The van der Waals surface area contributed by atoms with Crippen molar-refractivity contribution in [1.29, 1.82) is 0 Å². The van der Waals surface area contributed by atoms with Gasteiger partial charge >= 0.3 is 0 Å². The molecule has 0 aliphatic rings. The predicted octanol–water partition coefficient (Wildman–Crippen LogP) is 1.80. The Morgan fingerprint density at radius 3 is 3.08 bits per heavy atom. The van der Waals surface area contributed by atoms with Gasteiger partial charge in [0.2, 0.25) is 0 Å². The predicted molar refractivity (Wildman–Crippen MR) is 51.2 cm³/mol. The molecule has 0 aromatic carbocycles. The van der Waals surface area contributed by atoms with Crippen molar-refractivity contribution in [1.82, 2.24) is 4.98 Å². The lowest BCUT2D eigenvalue weighted by molar-refractivity contribution is 0.250. The molecule has 1 heterocycles. The summed E-state index contributed by atoms with van der Waals surface area (Å²) in [5.41, 5.74) is 0.